The maximum absolute atomic E-state index is 9.67. The van der Waals surface area contributed by atoms with E-state index in [1.54, 1.807) is 18.7 Å². The molecule has 0 aliphatic rings. The van der Waals surface area contributed by atoms with Gasteiger partial charge in [0.1, 0.15) is 0 Å². The van der Waals surface area contributed by atoms with Crippen molar-refractivity contribution in [2.75, 3.05) is 0 Å². The zero-order chi connectivity index (χ0) is 14.8. The maximum Gasteiger partial charge on any atom is 0.0772 e. The third-order valence-electron chi connectivity index (χ3n) is 3.38. The second-order valence-electron chi connectivity index (χ2n) is 4.97. The minimum absolute atomic E-state index is 0.459. The van der Waals surface area contributed by atoms with Gasteiger partial charge in [0.15, 0.2) is 0 Å². The lowest BCUT2D eigenvalue weighted by Crippen LogP contribution is -1.92. The molecule has 106 valence electrons. The van der Waals surface area contributed by atoms with Crippen LogP contribution in [0.25, 0.3) is 10.8 Å². The van der Waals surface area contributed by atoms with Crippen molar-refractivity contribution >= 4 is 38.5 Å². The van der Waals surface area contributed by atoms with E-state index in [-0.39, 0.29) is 0 Å². The highest BCUT2D eigenvalue weighted by Gasteiger charge is 2.07. The van der Waals surface area contributed by atoms with Crippen molar-refractivity contribution in [2.45, 2.75) is 22.8 Å². The number of hydrogen-bond acceptors (Lipinski definition) is 2. The summed E-state index contributed by atoms with van der Waals surface area (Å²) in [5.74, 6) is 0. The Kier molecular flexibility index (Phi) is 4.34. The molecular weight excluding hydrogens is 344 g/mol. The van der Waals surface area contributed by atoms with Gasteiger partial charge in [0, 0.05) is 14.3 Å². The molecule has 0 aliphatic carbocycles. The van der Waals surface area contributed by atoms with Crippen LogP contribution in [0.2, 0.25) is 0 Å². The second-order valence-corrected chi connectivity index (χ2v) is 6.97. The summed E-state index contributed by atoms with van der Waals surface area (Å²) in [6.07, 6.45) is -0.459. The zero-order valence-electron chi connectivity index (χ0n) is 11.6. The molecule has 1 nitrogen and oxygen atoms in total. The first-order valence-corrected chi connectivity index (χ1v) is 8.38. The SMILES string of the molecule is C[C@H](O)c1ccc(Sc2ccc3ccccc3c2)cc1Br. The van der Waals surface area contributed by atoms with Crippen LogP contribution in [0.3, 0.4) is 0 Å². The number of aliphatic hydroxyl groups is 1. The van der Waals surface area contributed by atoms with Crippen molar-refractivity contribution in [1.29, 1.82) is 0 Å². The molecule has 0 fully saturated rings. The number of halogens is 1. The number of rotatable bonds is 3. The first kappa shape index (κ1) is 14.6. The summed E-state index contributed by atoms with van der Waals surface area (Å²) >= 11 is 5.25. The van der Waals surface area contributed by atoms with E-state index in [4.69, 9.17) is 0 Å². The van der Waals surface area contributed by atoms with Crippen molar-refractivity contribution in [1.82, 2.24) is 0 Å². The number of benzene rings is 3. The van der Waals surface area contributed by atoms with Gasteiger partial charge in [-0.15, -0.1) is 0 Å². The van der Waals surface area contributed by atoms with Crippen LogP contribution in [-0.2, 0) is 0 Å². The van der Waals surface area contributed by atoms with Crippen molar-refractivity contribution in [3.63, 3.8) is 0 Å². The van der Waals surface area contributed by atoms with E-state index < -0.39 is 6.10 Å². The van der Waals surface area contributed by atoms with E-state index in [0.29, 0.717) is 0 Å². The van der Waals surface area contributed by atoms with E-state index in [0.717, 1.165) is 14.9 Å². The van der Waals surface area contributed by atoms with Crippen molar-refractivity contribution in [2.24, 2.45) is 0 Å². The third kappa shape index (κ3) is 3.31. The van der Waals surface area contributed by atoms with Gasteiger partial charge in [-0.1, -0.05) is 64.1 Å². The Balaban J connectivity index is 1.89. The summed E-state index contributed by atoms with van der Waals surface area (Å²) in [5, 5.41) is 12.2. The van der Waals surface area contributed by atoms with Gasteiger partial charge in [0.05, 0.1) is 6.10 Å². The highest BCUT2D eigenvalue weighted by Crippen LogP contribution is 2.34. The zero-order valence-corrected chi connectivity index (χ0v) is 14.0. The standard InChI is InChI=1S/C18H15BrOS/c1-12(20)17-9-8-16(11-18(17)19)21-15-7-6-13-4-2-3-5-14(13)10-15/h2-12,20H,1H3/t12-/m0/s1. The summed E-state index contributed by atoms with van der Waals surface area (Å²) in [7, 11) is 0. The molecule has 3 aromatic rings. The van der Waals surface area contributed by atoms with Crippen LogP contribution in [0.1, 0.15) is 18.6 Å². The molecule has 0 aromatic heterocycles. The lowest BCUT2D eigenvalue weighted by atomic mass is 10.1. The van der Waals surface area contributed by atoms with Gasteiger partial charge in [-0.3, -0.25) is 0 Å². The molecular formula is C18H15BrOS. The molecule has 0 aliphatic heterocycles. The first-order chi connectivity index (χ1) is 10.1. The molecule has 1 N–H and O–H groups in total. The molecule has 3 aromatic carbocycles. The molecule has 0 unspecified atom stereocenters. The topological polar surface area (TPSA) is 20.2 Å². The van der Waals surface area contributed by atoms with Crippen LogP contribution >= 0.6 is 27.7 Å². The molecule has 0 amide bonds. The van der Waals surface area contributed by atoms with Gasteiger partial charge in [-0.05, 0) is 47.5 Å². The molecule has 3 rings (SSSR count). The van der Waals surface area contributed by atoms with Crippen LogP contribution < -0.4 is 0 Å². The Morgan fingerprint density at radius 2 is 1.57 bits per heavy atom. The van der Waals surface area contributed by atoms with Crippen molar-refractivity contribution in [3.8, 4) is 0 Å². The molecule has 3 heteroatoms. The van der Waals surface area contributed by atoms with E-state index in [1.165, 1.54) is 15.7 Å². The number of fused-ring (bicyclic) bond motifs is 1. The largest absolute Gasteiger partial charge is 0.389 e. The van der Waals surface area contributed by atoms with Gasteiger partial charge < -0.3 is 5.11 Å². The molecule has 0 heterocycles. The second kappa shape index (κ2) is 6.22. The summed E-state index contributed by atoms with van der Waals surface area (Å²) in [5.41, 5.74) is 0.915. The fraction of sp³-hybridized carbons (Fsp3) is 0.111. The highest BCUT2D eigenvalue weighted by molar-refractivity contribution is 9.10. The van der Waals surface area contributed by atoms with E-state index in [9.17, 15) is 5.11 Å². The van der Waals surface area contributed by atoms with E-state index in [1.807, 2.05) is 12.1 Å². The normalized spacial score (nSPS) is 12.5. The lowest BCUT2D eigenvalue weighted by molar-refractivity contribution is 0.198. The molecule has 0 radical (unpaired) electrons. The van der Waals surface area contributed by atoms with Crippen LogP contribution in [0.4, 0.5) is 0 Å². The number of hydrogen-bond donors (Lipinski definition) is 1. The Labute approximate surface area is 137 Å². The quantitative estimate of drug-likeness (QED) is 0.637. The van der Waals surface area contributed by atoms with Crippen molar-refractivity contribution < 1.29 is 5.11 Å². The van der Waals surface area contributed by atoms with Crippen molar-refractivity contribution in [3.05, 3.63) is 70.7 Å². The Hall–Kier alpha value is -1.29. The van der Waals surface area contributed by atoms with Gasteiger partial charge in [0.2, 0.25) is 0 Å². The average Bonchev–Trinajstić information content (AvgIpc) is 2.47. The molecule has 1 atom stereocenters. The molecule has 21 heavy (non-hydrogen) atoms. The Bertz CT molecular complexity index is 783. The fourth-order valence-corrected chi connectivity index (χ4v) is 4.05. The summed E-state index contributed by atoms with van der Waals surface area (Å²) in [6, 6.07) is 20.9. The van der Waals surface area contributed by atoms with Crippen LogP contribution in [0.15, 0.2) is 74.9 Å². The van der Waals surface area contributed by atoms with Crippen LogP contribution in [0.5, 0.6) is 0 Å². The van der Waals surface area contributed by atoms with Crippen LogP contribution in [0, 0.1) is 0 Å². The predicted molar refractivity (Wildman–Crippen MR) is 92.8 cm³/mol. The van der Waals surface area contributed by atoms with E-state index in [2.05, 4.69) is 64.5 Å². The average molecular weight is 359 g/mol. The smallest absolute Gasteiger partial charge is 0.0772 e. The first-order valence-electron chi connectivity index (χ1n) is 6.77. The van der Waals surface area contributed by atoms with Gasteiger partial charge in [-0.25, -0.2) is 0 Å². The fourth-order valence-electron chi connectivity index (χ4n) is 2.28. The lowest BCUT2D eigenvalue weighted by Gasteiger charge is -2.10. The summed E-state index contributed by atoms with van der Waals surface area (Å²) in [6.45, 7) is 1.77. The summed E-state index contributed by atoms with van der Waals surface area (Å²) < 4.78 is 0.947. The van der Waals surface area contributed by atoms with E-state index >= 15 is 0 Å². The molecule has 0 spiro atoms. The molecule has 0 saturated heterocycles. The number of aliphatic hydroxyl groups excluding tert-OH is 1. The van der Waals surface area contributed by atoms with Gasteiger partial charge in [-0.2, -0.15) is 0 Å². The predicted octanol–water partition coefficient (Wildman–Crippen LogP) is 5.81. The molecule has 0 bridgehead atoms. The molecule has 0 saturated carbocycles. The third-order valence-corrected chi connectivity index (χ3v) is 5.04. The van der Waals surface area contributed by atoms with Gasteiger partial charge >= 0.3 is 0 Å². The maximum atomic E-state index is 9.67. The van der Waals surface area contributed by atoms with Crippen LogP contribution in [-0.4, -0.2) is 5.11 Å². The Morgan fingerprint density at radius 3 is 2.29 bits per heavy atom. The summed E-state index contributed by atoms with van der Waals surface area (Å²) in [4.78, 5) is 2.37. The highest BCUT2D eigenvalue weighted by atomic mass is 79.9. The minimum Gasteiger partial charge on any atom is -0.389 e. The monoisotopic (exact) mass is 358 g/mol. The minimum atomic E-state index is -0.459. The Morgan fingerprint density at radius 1 is 0.905 bits per heavy atom. The van der Waals surface area contributed by atoms with Gasteiger partial charge in [0.25, 0.3) is 0 Å².